The molecule has 1 aromatic rings. The number of hydrogen-bond acceptors (Lipinski definition) is 3. The molecule has 1 unspecified atom stereocenters. The predicted molar refractivity (Wildman–Crippen MR) is 70.4 cm³/mol. The maximum absolute atomic E-state index is 4.55. The van der Waals surface area contributed by atoms with Crippen LogP contribution in [0.15, 0.2) is 41.9 Å². The van der Waals surface area contributed by atoms with Gasteiger partial charge in [0.2, 0.25) is 0 Å². The maximum atomic E-state index is 4.55. The molecular weight excluding hydrogens is 224 g/mol. The minimum absolute atomic E-state index is 0.372. The van der Waals surface area contributed by atoms with Gasteiger partial charge in [0.05, 0.1) is 6.67 Å². The minimum Gasteiger partial charge on any atom is -0.347 e. The van der Waals surface area contributed by atoms with Crippen molar-refractivity contribution < 1.29 is 0 Å². The highest BCUT2D eigenvalue weighted by Gasteiger charge is 2.36. The van der Waals surface area contributed by atoms with E-state index in [1.807, 2.05) is 6.20 Å². The molecule has 3 aliphatic rings. The third-order valence-corrected chi connectivity index (χ3v) is 3.91. The molecule has 18 heavy (non-hydrogen) atoms. The van der Waals surface area contributed by atoms with Gasteiger partial charge in [-0.1, -0.05) is 12.2 Å². The normalized spacial score (nSPS) is 26.1. The highest BCUT2D eigenvalue weighted by atomic mass is 15.4. The van der Waals surface area contributed by atoms with Crippen LogP contribution in [0.5, 0.6) is 0 Å². The van der Waals surface area contributed by atoms with Gasteiger partial charge in [-0.05, 0) is 25.1 Å². The molecule has 0 radical (unpaired) electrons. The number of allylic oxidation sites excluding steroid dienone is 4. The zero-order valence-electron chi connectivity index (χ0n) is 10.5. The Labute approximate surface area is 107 Å². The molecule has 1 saturated heterocycles. The van der Waals surface area contributed by atoms with Crippen LogP contribution in [0.4, 0.5) is 0 Å². The first-order chi connectivity index (χ1) is 8.83. The summed E-state index contributed by atoms with van der Waals surface area (Å²) in [7, 11) is 2.17. The molecule has 0 N–H and O–H groups in total. The van der Waals surface area contributed by atoms with E-state index in [1.165, 1.54) is 11.3 Å². The Morgan fingerprint density at radius 2 is 2.33 bits per heavy atom. The summed E-state index contributed by atoms with van der Waals surface area (Å²) in [6.45, 7) is 2.02. The summed E-state index contributed by atoms with van der Waals surface area (Å²) in [5.41, 5.74) is 2.74. The lowest BCUT2D eigenvalue weighted by Crippen LogP contribution is -2.26. The van der Waals surface area contributed by atoms with Crippen molar-refractivity contribution >= 4 is 6.20 Å². The van der Waals surface area contributed by atoms with Gasteiger partial charge >= 0.3 is 0 Å². The van der Waals surface area contributed by atoms with E-state index in [-0.39, 0.29) is 0 Å². The van der Waals surface area contributed by atoms with Crippen LogP contribution in [0.25, 0.3) is 6.20 Å². The topological polar surface area (TPSA) is 24.3 Å². The molecule has 4 nitrogen and oxygen atoms in total. The first-order valence-corrected chi connectivity index (χ1v) is 6.39. The van der Waals surface area contributed by atoms with Gasteiger partial charge in [0.15, 0.2) is 0 Å². The van der Waals surface area contributed by atoms with Crippen molar-refractivity contribution in [3.8, 4) is 0 Å². The van der Waals surface area contributed by atoms with Gasteiger partial charge in [-0.15, -0.1) is 0 Å². The average molecular weight is 240 g/mol. The SMILES string of the molecule is CN1CC2c3nccn3C=C3CC=CC=C3N2C1. The Balaban J connectivity index is 1.91. The smallest absolute Gasteiger partial charge is 0.136 e. The molecule has 0 amide bonds. The van der Waals surface area contributed by atoms with E-state index in [0.717, 1.165) is 25.5 Å². The van der Waals surface area contributed by atoms with E-state index < -0.39 is 0 Å². The van der Waals surface area contributed by atoms with Gasteiger partial charge < -0.3 is 9.47 Å². The van der Waals surface area contributed by atoms with Crippen LogP contribution in [0, 0.1) is 0 Å². The molecule has 1 aliphatic carbocycles. The van der Waals surface area contributed by atoms with Crippen LogP contribution in [0.3, 0.4) is 0 Å². The van der Waals surface area contributed by atoms with Gasteiger partial charge in [0, 0.05) is 30.8 Å². The minimum atomic E-state index is 0.372. The maximum Gasteiger partial charge on any atom is 0.136 e. The fourth-order valence-electron chi connectivity index (χ4n) is 3.10. The summed E-state index contributed by atoms with van der Waals surface area (Å²) in [6.07, 6.45) is 13.8. The van der Waals surface area contributed by atoms with E-state index in [1.54, 1.807) is 0 Å². The molecule has 4 heteroatoms. The van der Waals surface area contributed by atoms with Crippen LogP contribution < -0.4 is 0 Å². The number of nitrogens with zero attached hydrogens (tertiary/aromatic N) is 4. The van der Waals surface area contributed by atoms with E-state index >= 15 is 0 Å². The van der Waals surface area contributed by atoms with Crippen molar-refractivity contribution in [1.29, 1.82) is 0 Å². The second kappa shape index (κ2) is 3.59. The quantitative estimate of drug-likeness (QED) is 0.691. The fraction of sp³-hybridized carbons (Fsp3) is 0.357. The Morgan fingerprint density at radius 3 is 3.28 bits per heavy atom. The highest BCUT2D eigenvalue weighted by Crippen LogP contribution is 2.37. The Morgan fingerprint density at radius 1 is 1.39 bits per heavy atom. The Kier molecular flexibility index (Phi) is 2.02. The second-order valence-electron chi connectivity index (χ2n) is 5.20. The molecule has 3 heterocycles. The van der Waals surface area contributed by atoms with Crippen LogP contribution >= 0.6 is 0 Å². The number of rotatable bonds is 0. The summed E-state index contributed by atoms with van der Waals surface area (Å²) >= 11 is 0. The van der Waals surface area contributed by atoms with Crippen molar-refractivity contribution in [3.05, 3.63) is 47.7 Å². The molecule has 0 saturated carbocycles. The lowest BCUT2D eigenvalue weighted by molar-refractivity contribution is 0.297. The van der Waals surface area contributed by atoms with E-state index in [9.17, 15) is 0 Å². The molecule has 4 rings (SSSR count). The molecule has 1 aromatic heterocycles. The molecule has 0 bridgehead atoms. The first-order valence-electron chi connectivity index (χ1n) is 6.39. The molecular formula is C14H16N4. The third kappa shape index (κ3) is 1.32. The van der Waals surface area contributed by atoms with E-state index in [4.69, 9.17) is 0 Å². The molecule has 1 atom stereocenters. The lowest BCUT2D eigenvalue weighted by atomic mass is 10.0. The number of fused-ring (bicyclic) bond motifs is 5. The highest BCUT2D eigenvalue weighted by molar-refractivity contribution is 5.51. The van der Waals surface area contributed by atoms with Crippen LogP contribution in [0.2, 0.25) is 0 Å². The summed E-state index contributed by atoms with van der Waals surface area (Å²) in [6, 6.07) is 0.372. The Hall–Kier alpha value is -1.81. The van der Waals surface area contributed by atoms with Crippen molar-refractivity contribution in [1.82, 2.24) is 19.4 Å². The number of aromatic nitrogens is 2. The standard InChI is InChI=1S/C14H16N4/c1-16-9-13-14-15-6-7-17(14)8-11-4-2-3-5-12(11)18(13)10-16/h2-3,5-8,13H,4,9-10H2,1H3. The number of likely N-dealkylation sites (N-methyl/N-ethyl adjacent to an activating group) is 1. The first kappa shape index (κ1) is 10.1. The Bertz CT molecular complexity index is 578. The van der Waals surface area contributed by atoms with E-state index in [2.05, 4.69) is 57.0 Å². The van der Waals surface area contributed by atoms with E-state index in [0.29, 0.717) is 6.04 Å². The van der Waals surface area contributed by atoms with Crippen LogP contribution in [-0.4, -0.2) is 39.6 Å². The van der Waals surface area contributed by atoms with Crippen LogP contribution in [0.1, 0.15) is 18.3 Å². The number of hydrogen-bond donors (Lipinski definition) is 0. The van der Waals surface area contributed by atoms with Gasteiger partial charge in [0.25, 0.3) is 0 Å². The van der Waals surface area contributed by atoms with Crippen molar-refractivity contribution in [2.75, 3.05) is 20.3 Å². The van der Waals surface area contributed by atoms with Gasteiger partial charge in [-0.3, -0.25) is 4.90 Å². The summed E-state index contributed by atoms with van der Waals surface area (Å²) in [5.74, 6) is 1.15. The molecule has 92 valence electrons. The second-order valence-corrected chi connectivity index (χ2v) is 5.20. The zero-order chi connectivity index (χ0) is 12.1. The molecule has 0 aromatic carbocycles. The fourth-order valence-corrected chi connectivity index (χ4v) is 3.10. The van der Waals surface area contributed by atoms with Crippen molar-refractivity contribution in [3.63, 3.8) is 0 Å². The zero-order valence-corrected chi connectivity index (χ0v) is 10.5. The van der Waals surface area contributed by atoms with Crippen molar-refractivity contribution in [2.24, 2.45) is 0 Å². The average Bonchev–Trinajstić information content (AvgIpc) is 2.94. The largest absolute Gasteiger partial charge is 0.347 e. The molecule has 2 aliphatic heterocycles. The van der Waals surface area contributed by atoms with Gasteiger partial charge in [-0.2, -0.15) is 0 Å². The molecule has 1 fully saturated rings. The van der Waals surface area contributed by atoms with Gasteiger partial charge in [-0.25, -0.2) is 4.98 Å². The molecule has 0 spiro atoms. The summed E-state index contributed by atoms with van der Waals surface area (Å²) in [4.78, 5) is 9.38. The monoisotopic (exact) mass is 240 g/mol. The third-order valence-electron chi connectivity index (χ3n) is 3.91. The predicted octanol–water partition coefficient (Wildman–Crippen LogP) is 1.83. The summed E-state index contributed by atoms with van der Waals surface area (Å²) < 4.78 is 2.19. The van der Waals surface area contributed by atoms with Crippen molar-refractivity contribution in [2.45, 2.75) is 12.5 Å². The number of imidazole rings is 1. The van der Waals surface area contributed by atoms with Crippen LogP contribution in [-0.2, 0) is 0 Å². The van der Waals surface area contributed by atoms with Gasteiger partial charge in [0.1, 0.15) is 11.9 Å². The lowest BCUT2D eigenvalue weighted by Gasteiger charge is -2.27. The summed E-state index contributed by atoms with van der Waals surface area (Å²) in [5, 5.41) is 0.